The Kier molecular flexibility index (Phi) is 12.0. The molecule has 29 heavy (non-hydrogen) atoms. The number of nitrogens with zero attached hydrogens (tertiary/aromatic N) is 4. The first kappa shape index (κ1) is 25.5. The lowest BCUT2D eigenvalue weighted by molar-refractivity contribution is -0.131. The minimum absolute atomic E-state index is 0. The molecule has 1 heterocycles. The largest absolute Gasteiger partial charge is 0.378 e. The molecule has 8 heteroatoms. The second kappa shape index (κ2) is 13.6. The van der Waals surface area contributed by atoms with Gasteiger partial charge in [-0.3, -0.25) is 4.79 Å². The van der Waals surface area contributed by atoms with E-state index in [1.807, 2.05) is 37.6 Å². The first-order chi connectivity index (χ1) is 13.6. The fourth-order valence-electron chi connectivity index (χ4n) is 3.22. The Bertz CT molecular complexity index is 628. The highest BCUT2D eigenvalue weighted by atomic mass is 127. The molecule has 0 aliphatic carbocycles. The topological polar surface area (TPSA) is 60.4 Å². The standard InChI is InChI=1S/C21H35N5O2.HI/c1-5-22-21(24(4)17-20(27)25(6-2)7-3)23-16-18-8-10-19(11-9-18)26-12-14-28-15-13-26;/h8-11H,5-7,12-17H2,1-4H3,(H,22,23);1H. The van der Waals surface area contributed by atoms with Gasteiger partial charge in [-0.2, -0.15) is 0 Å². The van der Waals surface area contributed by atoms with Gasteiger partial charge in [0.2, 0.25) is 5.91 Å². The van der Waals surface area contributed by atoms with Crippen LogP contribution in [-0.4, -0.2) is 81.2 Å². The van der Waals surface area contributed by atoms with Crippen molar-refractivity contribution in [2.24, 2.45) is 4.99 Å². The number of guanidine groups is 1. The number of benzene rings is 1. The minimum atomic E-state index is 0. The monoisotopic (exact) mass is 517 g/mol. The summed E-state index contributed by atoms with van der Waals surface area (Å²) < 4.78 is 5.41. The maximum Gasteiger partial charge on any atom is 0.242 e. The number of likely N-dealkylation sites (N-methyl/N-ethyl adjacent to an activating group) is 2. The maximum absolute atomic E-state index is 12.4. The van der Waals surface area contributed by atoms with E-state index >= 15 is 0 Å². The predicted octanol–water partition coefficient (Wildman–Crippen LogP) is 2.41. The molecular formula is C21H36IN5O2. The van der Waals surface area contributed by atoms with Crippen molar-refractivity contribution in [3.05, 3.63) is 29.8 Å². The molecule has 1 fully saturated rings. The summed E-state index contributed by atoms with van der Waals surface area (Å²) in [4.78, 5) is 23.2. The molecule has 1 saturated heterocycles. The highest BCUT2D eigenvalue weighted by molar-refractivity contribution is 14.0. The minimum Gasteiger partial charge on any atom is -0.378 e. The molecule has 0 saturated carbocycles. The molecule has 1 N–H and O–H groups in total. The van der Waals surface area contributed by atoms with Crippen molar-refractivity contribution < 1.29 is 9.53 Å². The fraction of sp³-hybridized carbons (Fsp3) is 0.619. The fourth-order valence-corrected chi connectivity index (χ4v) is 3.22. The number of morpholine rings is 1. The van der Waals surface area contributed by atoms with Crippen LogP contribution in [0, 0.1) is 0 Å². The highest BCUT2D eigenvalue weighted by Gasteiger charge is 2.15. The van der Waals surface area contributed by atoms with Gasteiger partial charge in [0.05, 0.1) is 26.3 Å². The summed E-state index contributed by atoms with van der Waals surface area (Å²) in [6.07, 6.45) is 0. The van der Waals surface area contributed by atoms with E-state index in [1.165, 1.54) is 5.69 Å². The van der Waals surface area contributed by atoms with Crippen molar-refractivity contribution in [2.45, 2.75) is 27.3 Å². The maximum atomic E-state index is 12.4. The number of rotatable bonds is 8. The van der Waals surface area contributed by atoms with Gasteiger partial charge in [-0.05, 0) is 38.5 Å². The normalized spacial score (nSPS) is 14.2. The van der Waals surface area contributed by atoms with Gasteiger partial charge in [0.25, 0.3) is 0 Å². The van der Waals surface area contributed by atoms with Crippen molar-refractivity contribution in [1.29, 1.82) is 0 Å². The number of amides is 1. The molecule has 164 valence electrons. The zero-order chi connectivity index (χ0) is 20.4. The van der Waals surface area contributed by atoms with Gasteiger partial charge in [-0.15, -0.1) is 24.0 Å². The zero-order valence-electron chi connectivity index (χ0n) is 18.2. The average molecular weight is 517 g/mol. The molecule has 1 aliphatic rings. The van der Waals surface area contributed by atoms with Crippen molar-refractivity contribution in [1.82, 2.24) is 15.1 Å². The molecule has 7 nitrogen and oxygen atoms in total. The van der Waals surface area contributed by atoms with Gasteiger partial charge in [0, 0.05) is 45.5 Å². The van der Waals surface area contributed by atoms with E-state index in [2.05, 4.69) is 34.5 Å². The summed E-state index contributed by atoms with van der Waals surface area (Å²) in [5, 5.41) is 3.28. The third-order valence-electron chi connectivity index (χ3n) is 4.91. The Hall–Kier alpha value is -1.55. The van der Waals surface area contributed by atoms with E-state index in [0.29, 0.717) is 13.1 Å². The number of halogens is 1. The third kappa shape index (κ3) is 8.00. The summed E-state index contributed by atoms with van der Waals surface area (Å²) in [6, 6.07) is 8.55. The molecule has 1 aromatic carbocycles. The number of hydrogen-bond donors (Lipinski definition) is 1. The number of carbonyl (C=O) groups excluding carboxylic acids is 1. The quantitative estimate of drug-likeness (QED) is 0.326. The second-order valence-electron chi connectivity index (χ2n) is 6.86. The zero-order valence-corrected chi connectivity index (χ0v) is 20.5. The van der Waals surface area contributed by atoms with Crippen LogP contribution in [0.3, 0.4) is 0 Å². The van der Waals surface area contributed by atoms with Crippen LogP contribution in [-0.2, 0) is 16.1 Å². The molecule has 0 unspecified atom stereocenters. The molecule has 0 atom stereocenters. The average Bonchev–Trinajstić information content (AvgIpc) is 2.73. The molecule has 0 bridgehead atoms. The van der Waals surface area contributed by atoms with Crippen LogP contribution in [0.25, 0.3) is 0 Å². The first-order valence-corrected chi connectivity index (χ1v) is 10.3. The van der Waals surface area contributed by atoms with Crippen molar-refractivity contribution in [3.63, 3.8) is 0 Å². The Balaban J connectivity index is 0.00000420. The van der Waals surface area contributed by atoms with Crippen LogP contribution in [0.5, 0.6) is 0 Å². The van der Waals surface area contributed by atoms with Crippen LogP contribution < -0.4 is 10.2 Å². The first-order valence-electron chi connectivity index (χ1n) is 10.3. The Morgan fingerprint density at radius 1 is 1.14 bits per heavy atom. The van der Waals surface area contributed by atoms with E-state index in [0.717, 1.165) is 57.5 Å². The summed E-state index contributed by atoms with van der Waals surface area (Å²) in [5.74, 6) is 0.869. The SMILES string of the molecule is CCNC(=NCc1ccc(N2CCOCC2)cc1)N(C)CC(=O)N(CC)CC.I. The van der Waals surface area contributed by atoms with Crippen molar-refractivity contribution >= 4 is 41.5 Å². The molecule has 1 aliphatic heterocycles. The summed E-state index contributed by atoms with van der Waals surface area (Å²) in [6.45, 7) is 12.6. The van der Waals surface area contributed by atoms with Crippen LogP contribution in [0.15, 0.2) is 29.3 Å². The van der Waals surface area contributed by atoms with E-state index in [1.54, 1.807) is 0 Å². The third-order valence-corrected chi connectivity index (χ3v) is 4.91. The molecule has 0 radical (unpaired) electrons. The van der Waals surface area contributed by atoms with E-state index < -0.39 is 0 Å². The Labute approximate surface area is 192 Å². The number of carbonyl (C=O) groups is 1. The van der Waals surface area contributed by atoms with Crippen molar-refractivity contribution in [2.75, 3.05) is 64.4 Å². The number of hydrogen-bond acceptors (Lipinski definition) is 4. The van der Waals surface area contributed by atoms with E-state index in [-0.39, 0.29) is 29.9 Å². The molecule has 2 rings (SSSR count). The number of nitrogens with one attached hydrogen (secondary N) is 1. The number of aliphatic imine (C=N–C) groups is 1. The van der Waals surface area contributed by atoms with Gasteiger partial charge in [-0.1, -0.05) is 12.1 Å². The van der Waals surface area contributed by atoms with Crippen LogP contribution >= 0.6 is 24.0 Å². The van der Waals surface area contributed by atoms with E-state index in [4.69, 9.17) is 9.73 Å². The lowest BCUT2D eigenvalue weighted by Crippen LogP contribution is -2.45. The van der Waals surface area contributed by atoms with Crippen LogP contribution in [0.1, 0.15) is 26.3 Å². The lowest BCUT2D eigenvalue weighted by atomic mass is 10.2. The Morgan fingerprint density at radius 2 is 1.76 bits per heavy atom. The molecule has 1 aromatic rings. The molecule has 1 amide bonds. The molecule has 0 spiro atoms. The van der Waals surface area contributed by atoms with Crippen LogP contribution in [0.4, 0.5) is 5.69 Å². The summed E-state index contributed by atoms with van der Waals surface area (Å²) in [7, 11) is 1.91. The van der Waals surface area contributed by atoms with E-state index in [9.17, 15) is 4.79 Å². The Morgan fingerprint density at radius 3 is 2.31 bits per heavy atom. The number of anilines is 1. The van der Waals surface area contributed by atoms with Crippen molar-refractivity contribution in [3.8, 4) is 0 Å². The molecule has 0 aromatic heterocycles. The van der Waals surface area contributed by atoms with Gasteiger partial charge in [-0.25, -0.2) is 4.99 Å². The van der Waals surface area contributed by atoms with Crippen LogP contribution in [0.2, 0.25) is 0 Å². The summed E-state index contributed by atoms with van der Waals surface area (Å²) in [5.41, 5.74) is 2.38. The molecular weight excluding hydrogens is 481 g/mol. The van der Waals surface area contributed by atoms with Gasteiger partial charge >= 0.3 is 0 Å². The van der Waals surface area contributed by atoms with Gasteiger partial charge in [0.1, 0.15) is 0 Å². The summed E-state index contributed by atoms with van der Waals surface area (Å²) >= 11 is 0. The van der Waals surface area contributed by atoms with Gasteiger partial charge < -0.3 is 24.8 Å². The smallest absolute Gasteiger partial charge is 0.242 e. The predicted molar refractivity (Wildman–Crippen MR) is 130 cm³/mol. The highest BCUT2D eigenvalue weighted by Crippen LogP contribution is 2.17. The number of ether oxygens (including phenoxy) is 1. The van der Waals surface area contributed by atoms with Gasteiger partial charge in [0.15, 0.2) is 5.96 Å². The second-order valence-corrected chi connectivity index (χ2v) is 6.86. The lowest BCUT2D eigenvalue weighted by Gasteiger charge is -2.28.